The first-order valence-electron chi connectivity index (χ1n) is 6.95. The number of nitrogens with zero attached hydrogens (tertiary/aromatic N) is 2. The number of fused-ring (bicyclic) bond motifs is 1. The normalized spacial score (nSPS) is 11.0. The maximum Gasteiger partial charge on any atom is 0.123 e. The molecule has 2 aromatic carbocycles. The maximum atomic E-state index is 5.98. The molecule has 1 aromatic heterocycles. The molecule has 21 heavy (non-hydrogen) atoms. The van der Waals surface area contributed by atoms with Crippen LogP contribution in [0.3, 0.4) is 0 Å². The molecule has 3 aromatic rings. The molecule has 0 fully saturated rings. The highest BCUT2D eigenvalue weighted by molar-refractivity contribution is 9.08. The van der Waals surface area contributed by atoms with Crippen LogP contribution in [0, 0.1) is 0 Å². The van der Waals surface area contributed by atoms with Gasteiger partial charge in [0.05, 0.1) is 6.61 Å². The molecule has 0 unspecified atom stereocenters. The summed E-state index contributed by atoms with van der Waals surface area (Å²) < 4.78 is 8.00. The lowest BCUT2D eigenvalue weighted by Crippen LogP contribution is -2.07. The third-order valence-corrected chi connectivity index (χ3v) is 4.20. The zero-order chi connectivity index (χ0) is 14.7. The summed E-state index contributed by atoms with van der Waals surface area (Å²) in [6, 6.07) is 12.5. The van der Waals surface area contributed by atoms with E-state index in [9.17, 15) is 0 Å². The van der Waals surface area contributed by atoms with E-state index in [1.807, 2.05) is 24.0 Å². The van der Waals surface area contributed by atoms with Crippen molar-refractivity contribution < 1.29 is 4.74 Å². The van der Waals surface area contributed by atoms with Crippen LogP contribution < -0.4 is 4.74 Å². The Morgan fingerprint density at radius 2 is 2.05 bits per heavy atom. The molecule has 0 spiro atoms. The first kappa shape index (κ1) is 14.1. The van der Waals surface area contributed by atoms with Crippen LogP contribution in [0.25, 0.3) is 10.8 Å². The number of imidazole rings is 1. The standard InChI is InChI=1S/C17H17BrN2O/c1-20-10-9-19-17(20)8-11-21-16-7-6-13-4-2-3-5-14(13)15(16)12-18/h2-7,9-10H,8,11-12H2,1H3. The zero-order valence-corrected chi connectivity index (χ0v) is 13.5. The molecule has 0 radical (unpaired) electrons. The minimum absolute atomic E-state index is 0.628. The zero-order valence-electron chi connectivity index (χ0n) is 11.9. The summed E-state index contributed by atoms with van der Waals surface area (Å²) in [5.41, 5.74) is 1.20. The van der Waals surface area contributed by atoms with E-state index >= 15 is 0 Å². The van der Waals surface area contributed by atoms with Crippen LogP contribution in [0.15, 0.2) is 48.8 Å². The summed E-state index contributed by atoms with van der Waals surface area (Å²) >= 11 is 3.58. The van der Waals surface area contributed by atoms with Crippen molar-refractivity contribution in [2.45, 2.75) is 11.8 Å². The summed E-state index contributed by atoms with van der Waals surface area (Å²) in [4.78, 5) is 4.31. The van der Waals surface area contributed by atoms with E-state index in [-0.39, 0.29) is 0 Å². The van der Waals surface area contributed by atoms with E-state index in [0.717, 1.165) is 23.3 Å². The highest BCUT2D eigenvalue weighted by Gasteiger charge is 2.08. The molecular weight excluding hydrogens is 328 g/mol. The molecule has 0 aliphatic carbocycles. The topological polar surface area (TPSA) is 27.1 Å². The fourth-order valence-corrected chi connectivity index (χ4v) is 3.06. The molecular formula is C17H17BrN2O. The number of halogens is 1. The Morgan fingerprint density at radius 1 is 1.19 bits per heavy atom. The Morgan fingerprint density at radius 3 is 2.81 bits per heavy atom. The van der Waals surface area contributed by atoms with E-state index in [1.165, 1.54) is 16.3 Å². The average molecular weight is 345 g/mol. The molecule has 0 amide bonds. The minimum atomic E-state index is 0.628. The first-order chi connectivity index (χ1) is 10.3. The highest BCUT2D eigenvalue weighted by Crippen LogP contribution is 2.30. The van der Waals surface area contributed by atoms with Gasteiger partial charge >= 0.3 is 0 Å². The molecule has 3 nitrogen and oxygen atoms in total. The molecule has 0 bridgehead atoms. The number of aryl methyl sites for hydroxylation is 1. The van der Waals surface area contributed by atoms with Gasteiger partial charge in [-0.1, -0.05) is 46.3 Å². The first-order valence-corrected chi connectivity index (χ1v) is 8.07. The van der Waals surface area contributed by atoms with Crippen molar-refractivity contribution >= 4 is 26.7 Å². The number of alkyl halides is 1. The summed E-state index contributed by atoms with van der Waals surface area (Å²) in [6.07, 6.45) is 4.57. The van der Waals surface area contributed by atoms with Gasteiger partial charge in [0.15, 0.2) is 0 Å². The SMILES string of the molecule is Cn1ccnc1CCOc1ccc2ccccc2c1CBr. The third-order valence-electron chi connectivity index (χ3n) is 3.64. The number of rotatable bonds is 5. The van der Waals surface area contributed by atoms with E-state index < -0.39 is 0 Å². The lowest BCUT2D eigenvalue weighted by atomic mass is 10.0. The Bertz CT molecular complexity index is 751. The lowest BCUT2D eigenvalue weighted by Gasteiger charge is -2.12. The predicted molar refractivity (Wildman–Crippen MR) is 89.0 cm³/mol. The fourth-order valence-electron chi connectivity index (χ4n) is 2.48. The number of ether oxygens (including phenoxy) is 1. The van der Waals surface area contributed by atoms with Crippen LogP contribution in [-0.2, 0) is 18.8 Å². The lowest BCUT2D eigenvalue weighted by molar-refractivity contribution is 0.316. The van der Waals surface area contributed by atoms with Gasteiger partial charge in [-0.25, -0.2) is 4.98 Å². The van der Waals surface area contributed by atoms with Crippen LogP contribution in [0.5, 0.6) is 5.75 Å². The van der Waals surface area contributed by atoms with Gasteiger partial charge in [-0.05, 0) is 16.8 Å². The van der Waals surface area contributed by atoms with E-state index in [0.29, 0.717) is 6.61 Å². The quantitative estimate of drug-likeness (QED) is 0.652. The summed E-state index contributed by atoms with van der Waals surface area (Å²) in [7, 11) is 2.00. The molecule has 0 aliphatic heterocycles. The van der Waals surface area contributed by atoms with E-state index in [1.54, 1.807) is 0 Å². The molecule has 0 aliphatic rings. The average Bonchev–Trinajstić information content (AvgIpc) is 2.92. The second kappa shape index (κ2) is 6.31. The number of benzene rings is 2. The smallest absolute Gasteiger partial charge is 0.123 e. The van der Waals surface area contributed by atoms with Gasteiger partial charge in [0.1, 0.15) is 11.6 Å². The van der Waals surface area contributed by atoms with Crippen molar-refractivity contribution in [3.05, 3.63) is 60.2 Å². The largest absolute Gasteiger partial charge is 0.493 e. The Labute approximate surface area is 132 Å². The number of aromatic nitrogens is 2. The van der Waals surface area contributed by atoms with Gasteiger partial charge in [0.25, 0.3) is 0 Å². The molecule has 0 saturated heterocycles. The van der Waals surface area contributed by atoms with Crippen molar-refractivity contribution in [2.24, 2.45) is 7.05 Å². The molecule has 108 valence electrons. The highest BCUT2D eigenvalue weighted by atomic mass is 79.9. The second-order valence-electron chi connectivity index (χ2n) is 4.95. The van der Waals surface area contributed by atoms with E-state index in [2.05, 4.69) is 57.3 Å². The summed E-state index contributed by atoms with van der Waals surface area (Å²) in [5, 5.41) is 3.26. The van der Waals surface area contributed by atoms with Gasteiger partial charge in [0.2, 0.25) is 0 Å². The predicted octanol–water partition coefficient (Wildman–Crippen LogP) is 4.09. The van der Waals surface area contributed by atoms with Gasteiger partial charge in [0, 0.05) is 36.8 Å². The fraction of sp³-hybridized carbons (Fsp3) is 0.235. The second-order valence-corrected chi connectivity index (χ2v) is 5.51. The van der Waals surface area contributed by atoms with Crippen molar-refractivity contribution in [1.82, 2.24) is 9.55 Å². The monoisotopic (exact) mass is 344 g/mol. The van der Waals surface area contributed by atoms with Crippen LogP contribution in [0.1, 0.15) is 11.4 Å². The van der Waals surface area contributed by atoms with Gasteiger partial charge < -0.3 is 9.30 Å². The van der Waals surface area contributed by atoms with Crippen molar-refractivity contribution in [3.8, 4) is 5.75 Å². The van der Waals surface area contributed by atoms with Crippen molar-refractivity contribution in [2.75, 3.05) is 6.61 Å². The Hall–Kier alpha value is -1.81. The van der Waals surface area contributed by atoms with Crippen molar-refractivity contribution in [1.29, 1.82) is 0 Å². The Kier molecular flexibility index (Phi) is 4.25. The van der Waals surface area contributed by atoms with Crippen LogP contribution >= 0.6 is 15.9 Å². The van der Waals surface area contributed by atoms with E-state index in [4.69, 9.17) is 4.74 Å². The number of hydrogen-bond donors (Lipinski definition) is 0. The number of hydrogen-bond acceptors (Lipinski definition) is 2. The van der Waals surface area contributed by atoms with Crippen LogP contribution in [0.2, 0.25) is 0 Å². The molecule has 4 heteroatoms. The van der Waals surface area contributed by atoms with Gasteiger partial charge in [-0.2, -0.15) is 0 Å². The van der Waals surface area contributed by atoms with Gasteiger partial charge in [-0.15, -0.1) is 0 Å². The van der Waals surface area contributed by atoms with Crippen LogP contribution in [0.4, 0.5) is 0 Å². The molecule has 0 atom stereocenters. The summed E-state index contributed by atoms with van der Waals surface area (Å²) in [5.74, 6) is 1.98. The third kappa shape index (κ3) is 2.95. The van der Waals surface area contributed by atoms with Crippen LogP contribution in [-0.4, -0.2) is 16.2 Å². The minimum Gasteiger partial charge on any atom is -0.493 e. The van der Waals surface area contributed by atoms with Gasteiger partial charge in [-0.3, -0.25) is 0 Å². The Balaban J connectivity index is 1.79. The molecule has 1 heterocycles. The molecule has 0 N–H and O–H groups in total. The maximum absolute atomic E-state index is 5.98. The van der Waals surface area contributed by atoms with Crippen molar-refractivity contribution in [3.63, 3.8) is 0 Å². The molecule has 0 saturated carbocycles. The molecule has 3 rings (SSSR count). The summed E-state index contributed by atoms with van der Waals surface area (Å²) in [6.45, 7) is 0.628.